The van der Waals surface area contributed by atoms with Crippen LogP contribution in [0.2, 0.25) is 0 Å². The van der Waals surface area contributed by atoms with Crippen LogP contribution in [0.5, 0.6) is 0 Å². The van der Waals surface area contributed by atoms with Crippen LogP contribution in [0, 0.1) is 0 Å². The first kappa shape index (κ1) is 18.6. The number of alkyl halides is 3. The predicted octanol–water partition coefficient (Wildman–Crippen LogP) is 5.32. The highest BCUT2D eigenvalue weighted by atomic mass is 19.4. The Bertz CT molecular complexity index is 727. The average Bonchev–Trinajstić information content (AvgIpc) is 2.59. The van der Waals surface area contributed by atoms with Crippen LogP contribution in [0.3, 0.4) is 0 Å². The Hall–Kier alpha value is -2.76. The molecule has 0 aliphatic carbocycles. The summed E-state index contributed by atoms with van der Waals surface area (Å²) < 4.78 is 37.9. The van der Waals surface area contributed by atoms with E-state index < -0.39 is 17.8 Å². The fraction of sp³-hybridized carbons (Fsp3) is 0.211. The maximum Gasteiger partial charge on any atom is 0.416 e. The Morgan fingerprint density at radius 3 is 2.44 bits per heavy atom. The van der Waals surface area contributed by atoms with Gasteiger partial charge in [-0.05, 0) is 42.2 Å². The quantitative estimate of drug-likeness (QED) is 0.682. The number of urea groups is 1. The molecule has 2 amide bonds. The zero-order chi connectivity index (χ0) is 18.3. The molecule has 0 saturated carbocycles. The second-order valence-electron chi connectivity index (χ2n) is 5.53. The monoisotopic (exact) mass is 348 g/mol. The lowest BCUT2D eigenvalue weighted by Gasteiger charge is -2.11. The Morgan fingerprint density at radius 1 is 1.04 bits per heavy atom. The van der Waals surface area contributed by atoms with Crippen molar-refractivity contribution in [3.8, 4) is 0 Å². The molecule has 3 nitrogen and oxygen atoms in total. The van der Waals surface area contributed by atoms with E-state index in [-0.39, 0.29) is 5.69 Å². The number of hydrogen-bond acceptors (Lipinski definition) is 1. The zero-order valence-electron chi connectivity index (χ0n) is 13.6. The number of rotatable bonds is 6. The molecule has 0 bridgehead atoms. The van der Waals surface area contributed by atoms with Gasteiger partial charge in [0.25, 0.3) is 0 Å². The van der Waals surface area contributed by atoms with Gasteiger partial charge in [0.2, 0.25) is 0 Å². The Labute approximate surface area is 144 Å². The molecule has 25 heavy (non-hydrogen) atoms. The van der Waals surface area contributed by atoms with Gasteiger partial charge >= 0.3 is 12.2 Å². The van der Waals surface area contributed by atoms with Crippen molar-refractivity contribution in [3.63, 3.8) is 0 Å². The number of hydrogen-bond donors (Lipinski definition) is 2. The number of carbonyl (C=O) groups is 1. The van der Waals surface area contributed by atoms with Gasteiger partial charge in [-0.3, -0.25) is 0 Å². The molecule has 6 heteroatoms. The largest absolute Gasteiger partial charge is 0.416 e. The second kappa shape index (κ2) is 8.37. The average molecular weight is 348 g/mol. The third-order valence-corrected chi connectivity index (χ3v) is 3.57. The summed E-state index contributed by atoms with van der Waals surface area (Å²) in [7, 11) is 0. The minimum Gasteiger partial charge on any atom is -0.338 e. The van der Waals surface area contributed by atoms with Gasteiger partial charge in [-0.15, -0.1) is 0 Å². The lowest BCUT2D eigenvalue weighted by atomic mass is 10.0. The molecular weight excluding hydrogens is 329 g/mol. The highest BCUT2D eigenvalue weighted by molar-refractivity contribution is 5.89. The van der Waals surface area contributed by atoms with E-state index in [1.54, 1.807) is 0 Å². The van der Waals surface area contributed by atoms with Crippen LogP contribution in [-0.4, -0.2) is 12.6 Å². The Kier molecular flexibility index (Phi) is 6.22. The van der Waals surface area contributed by atoms with E-state index in [4.69, 9.17) is 0 Å². The van der Waals surface area contributed by atoms with Gasteiger partial charge < -0.3 is 10.6 Å². The summed E-state index contributed by atoms with van der Waals surface area (Å²) >= 11 is 0. The van der Waals surface area contributed by atoms with Gasteiger partial charge in [0.15, 0.2) is 0 Å². The molecule has 2 N–H and O–H groups in total. The molecule has 0 aromatic heterocycles. The molecule has 2 aromatic carbocycles. The molecular formula is C19H19F3N2O. The Balaban J connectivity index is 1.75. The molecule has 0 radical (unpaired) electrons. The molecule has 2 aromatic rings. The van der Waals surface area contributed by atoms with Crippen LogP contribution < -0.4 is 10.6 Å². The molecule has 0 fully saturated rings. The number of nitrogens with one attached hydrogen (secondary N) is 2. The summed E-state index contributed by atoms with van der Waals surface area (Å²) in [6, 6.07) is 13.7. The molecule has 0 saturated heterocycles. The van der Waals surface area contributed by atoms with Crippen molar-refractivity contribution in [2.45, 2.75) is 19.0 Å². The highest BCUT2D eigenvalue weighted by Crippen LogP contribution is 2.30. The second-order valence-corrected chi connectivity index (χ2v) is 5.53. The minimum atomic E-state index is -4.44. The first-order valence-electron chi connectivity index (χ1n) is 7.81. The van der Waals surface area contributed by atoms with Crippen LogP contribution in [0.15, 0.2) is 61.2 Å². The minimum absolute atomic E-state index is 0.0982. The maximum absolute atomic E-state index is 12.6. The molecule has 0 atom stereocenters. The highest BCUT2D eigenvalue weighted by Gasteiger charge is 2.30. The number of allylic oxidation sites excluding steroid dienone is 1. The molecule has 0 spiro atoms. The van der Waals surface area contributed by atoms with Crippen molar-refractivity contribution in [2.24, 2.45) is 0 Å². The number of halogens is 3. The van der Waals surface area contributed by atoms with Crippen LogP contribution in [0.4, 0.5) is 23.7 Å². The van der Waals surface area contributed by atoms with Crippen LogP contribution in [0.1, 0.15) is 24.0 Å². The van der Waals surface area contributed by atoms with E-state index >= 15 is 0 Å². The third-order valence-electron chi connectivity index (χ3n) is 3.57. The SMILES string of the molecule is C=C(CCCNC(=O)Nc1cccc(C(F)(F)F)c1)c1ccccc1. The zero-order valence-corrected chi connectivity index (χ0v) is 13.6. The number of anilines is 1. The fourth-order valence-corrected chi connectivity index (χ4v) is 2.27. The van der Waals surface area contributed by atoms with Gasteiger partial charge in [0, 0.05) is 12.2 Å². The van der Waals surface area contributed by atoms with Crippen molar-refractivity contribution in [2.75, 3.05) is 11.9 Å². The molecule has 132 valence electrons. The van der Waals surface area contributed by atoms with Crippen molar-refractivity contribution in [1.82, 2.24) is 5.32 Å². The predicted molar refractivity (Wildman–Crippen MR) is 93.2 cm³/mol. The summed E-state index contributed by atoms with van der Waals surface area (Å²) in [4.78, 5) is 11.8. The third kappa shape index (κ3) is 5.99. The van der Waals surface area contributed by atoms with Crippen molar-refractivity contribution in [3.05, 3.63) is 72.3 Å². The molecule has 0 unspecified atom stereocenters. The van der Waals surface area contributed by atoms with Crippen LogP contribution in [0.25, 0.3) is 5.57 Å². The standard InChI is InChI=1S/C19H19F3N2O/c1-14(15-8-3-2-4-9-15)7-6-12-23-18(25)24-17-11-5-10-16(13-17)19(20,21)22/h2-5,8-11,13H,1,6-7,12H2,(H2,23,24,25). The van der Waals surface area contributed by atoms with E-state index in [2.05, 4.69) is 17.2 Å². The first-order valence-corrected chi connectivity index (χ1v) is 7.81. The smallest absolute Gasteiger partial charge is 0.338 e. The summed E-state index contributed by atoms with van der Waals surface area (Å²) in [5, 5.41) is 5.03. The Morgan fingerprint density at radius 2 is 1.76 bits per heavy atom. The lowest BCUT2D eigenvalue weighted by molar-refractivity contribution is -0.137. The molecule has 0 heterocycles. The summed E-state index contributed by atoms with van der Waals surface area (Å²) in [6.07, 6.45) is -3.04. The van der Waals surface area contributed by atoms with Crippen molar-refractivity contribution in [1.29, 1.82) is 0 Å². The lowest BCUT2D eigenvalue weighted by Crippen LogP contribution is -2.29. The number of benzene rings is 2. The normalized spacial score (nSPS) is 11.0. The van der Waals surface area contributed by atoms with Gasteiger partial charge in [0.1, 0.15) is 0 Å². The first-order chi connectivity index (χ1) is 11.9. The fourth-order valence-electron chi connectivity index (χ4n) is 2.27. The molecule has 0 aliphatic heterocycles. The maximum atomic E-state index is 12.6. The van der Waals surface area contributed by atoms with E-state index in [1.165, 1.54) is 12.1 Å². The van der Waals surface area contributed by atoms with E-state index in [1.807, 2.05) is 30.3 Å². The van der Waals surface area contributed by atoms with Gasteiger partial charge in [0.05, 0.1) is 5.56 Å². The molecule has 0 aliphatic rings. The number of amides is 2. The summed E-state index contributed by atoms with van der Waals surface area (Å²) in [5.74, 6) is 0. The van der Waals surface area contributed by atoms with Gasteiger partial charge in [-0.1, -0.05) is 43.0 Å². The van der Waals surface area contributed by atoms with Gasteiger partial charge in [-0.2, -0.15) is 13.2 Å². The van der Waals surface area contributed by atoms with E-state index in [0.29, 0.717) is 19.4 Å². The topological polar surface area (TPSA) is 41.1 Å². The molecule has 2 rings (SSSR count). The van der Waals surface area contributed by atoms with Crippen LogP contribution in [-0.2, 0) is 6.18 Å². The summed E-state index contributed by atoms with van der Waals surface area (Å²) in [6.45, 7) is 4.41. The van der Waals surface area contributed by atoms with E-state index in [9.17, 15) is 18.0 Å². The number of carbonyl (C=O) groups excluding carboxylic acids is 1. The summed E-state index contributed by atoms with van der Waals surface area (Å²) in [5.41, 5.74) is 1.32. The van der Waals surface area contributed by atoms with Crippen molar-refractivity contribution >= 4 is 17.3 Å². The van der Waals surface area contributed by atoms with Crippen molar-refractivity contribution < 1.29 is 18.0 Å². The van der Waals surface area contributed by atoms with Gasteiger partial charge in [-0.25, -0.2) is 4.79 Å². The van der Waals surface area contributed by atoms with E-state index in [0.717, 1.165) is 23.3 Å². The van der Waals surface area contributed by atoms with Crippen LogP contribution >= 0.6 is 0 Å².